The number of hydrogen-bond donors (Lipinski definition) is 3. The Labute approximate surface area is 141 Å². The number of hydrogen-bond acceptors (Lipinski definition) is 7. The third kappa shape index (κ3) is 4.73. The molecule has 0 aliphatic carbocycles. The summed E-state index contributed by atoms with van der Waals surface area (Å²) in [6, 6.07) is 7.24. The van der Waals surface area contributed by atoms with Crippen molar-refractivity contribution in [3.8, 4) is 11.5 Å². The zero-order chi connectivity index (χ0) is 17.5. The van der Waals surface area contributed by atoms with E-state index >= 15 is 0 Å². The van der Waals surface area contributed by atoms with Crippen molar-refractivity contribution in [1.29, 1.82) is 0 Å². The van der Waals surface area contributed by atoms with Crippen molar-refractivity contribution in [2.45, 2.75) is 26.4 Å². The summed E-state index contributed by atoms with van der Waals surface area (Å²) in [6.07, 6.45) is 0.0752. The van der Waals surface area contributed by atoms with Crippen molar-refractivity contribution < 1.29 is 14.6 Å². The van der Waals surface area contributed by atoms with Gasteiger partial charge in [0.1, 0.15) is 30.0 Å². The number of nitrogen functional groups attached to an aromatic ring is 1. The normalized spacial score (nSPS) is 11.8. The average molecular weight is 332 g/mol. The van der Waals surface area contributed by atoms with Crippen LogP contribution < -0.4 is 20.5 Å². The Hall–Kier alpha value is -2.54. The molecule has 0 aliphatic heterocycles. The van der Waals surface area contributed by atoms with Gasteiger partial charge >= 0.3 is 0 Å². The van der Waals surface area contributed by atoms with E-state index in [0.717, 1.165) is 17.7 Å². The van der Waals surface area contributed by atoms with Gasteiger partial charge in [-0.15, -0.1) is 0 Å². The Morgan fingerprint density at radius 3 is 2.75 bits per heavy atom. The van der Waals surface area contributed by atoms with Gasteiger partial charge in [0.15, 0.2) is 0 Å². The molecule has 0 radical (unpaired) electrons. The smallest absolute Gasteiger partial charge is 0.222 e. The van der Waals surface area contributed by atoms with E-state index in [0.29, 0.717) is 23.9 Å². The van der Waals surface area contributed by atoms with Gasteiger partial charge in [-0.1, -0.05) is 13.0 Å². The molecule has 7 heteroatoms. The Bertz CT molecular complexity index is 679. The zero-order valence-electron chi connectivity index (χ0n) is 14.2. The highest BCUT2D eigenvalue weighted by Gasteiger charge is 2.11. The van der Waals surface area contributed by atoms with Gasteiger partial charge in [0.05, 0.1) is 12.8 Å². The second-order valence-electron chi connectivity index (χ2n) is 5.38. The highest BCUT2D eigenvalue weighted by Crippen LogP contribution is 2.19. The molecule has 7 nitrogen and oxygen atoms in total. The molecule has 2 aromatic rings. The fourth-order valence-electron chi connectivity index (χ4n) is 2.26. The topological polar surface area (TPSA) is 103 Å². The lowest BCUT2D eigenvalue weighted by Crippen LogP contribution is -2.27. The third-order valence-electron chi connectivity index (χ3n) is 3.59. The number of anilines is 2. The second kappa shape index (κ2) is 8.35. The maximum absolute atomic E-state index is 10.1. The van der Waals surface area contributed by atoms with Crippen LogP contribution in [-0.4, -0.2) is 41.4 Å². The van der Waals surface area contributed by atoms with Gasteiger partial charge in [-0.05, 0) is 25.5 Å². The summed E-state index contributed by atoms with van der Waals surface area (Å²) in [5.74, 6) is 2.21. The number of rotatable bonds is 8. The molecule has 0 unspecified atom stereocenters. The lowest BCUT2D eigenvalue weighted by Gasteiger charge is -2.16. The van der Waals surface area contributed by atoms with Crippen LogP contribution >= 0.6 is 0 Å². The lowest BCUT2D eigenvalue weighted by atomic mass is 10.2. The minimum atomic E-state index is -0.697. The van der Waals surface area contributed by atoms with Crippen molar-refractivity contribution in [1.82, 2.24) is 9.97 Å². The van der Waals surface area contributed by atoms with Crippen LogP contribution in [0.15, 0.2) is 24.3 Å². The van der Waals surface area contributed by atoms with Gasteiger partial charge in [0.25, 0.3) is 0 Å². The van der Waals surface area contributed by atoms with Crippen molar-refractivity contribution >= 4 is 11.8 Å². The van der Waals surface area contributed by atoms with Crippen LogP contribution in [0, 0.1) is 6.92 Å². The van der Waals surface area contributed by atoms with Crippen LogP contribution in [0.2, 0.25) is 0 Å². The Morgan fingerprint density at radius 1 is 1.29 bits per heavy atom. The van der Waals surface area contributed by atoms with Gasteiger partial charge in [-0.3, -0.25) is 0 Å². The first-order valence-corrected chi connectivity index (χ1v) is 7.85. The maximum Gasteiger partial charge on any atom is 0.222 e. The number of aliphatic hydroxyl groups excluding tert-OH is 1. The van der Waals surface area contributed by atoms with Crippen molar-refractivity contribution in [2.75, 3.05) is 31.3 Å². The molecule has 1 heterocycles. The van der Waals surface area contributed by atoms with Gasteiger partial charge in [0.2, 0.25) is 5.95 Å². The van der Waals surface area contributed by atoms with Crippen molar-refractivity contribution in [2.24, 2.45) is 0 Å². The molecular weight excluding hydrogens is 308 g/mol. The summed E-state index contributed by atoms with van der Waals surface area (Å²) in [5, 5.41) is 13.2. The van der Waals surface area contributed by atoms with Gasteiger partial charge < -0.3 is 25.6 Å². The molecule has 1 aromatic carbocycles. The summed E-state index contributed by atoms with van der Waals surface area (Å²) in [5.41, 5.74) is 7.54. The SMILES string of the molecule is CCc1nc(N)nc(NC[C@@H](O)COc2cccc(OC)c2)c1C. The van der Waals surface area contributed by atoms with Crippen LogP contribution in [0.5, 0.6) is 11.5 Å². The van der Waals surface area contributed by atoms with Crippen LogP contribution in [0.25, 0.3) is 0 Å². The average Bonchev–Trinajstić information content (AvgIpc) is 2.60. The van der Waals surface area contributed by atoms with Crippen LogP contribution in [0.3, 0.4) is 0 Å². The van der Waals surface area contributed by atoms with Crippen LogP contribution in [-0.2, 0) is 6.42 Å². The van der Waals surface area contributed by atoms with Gasteiger partial charge in [-0.2, -0.15) is 4.98 Å². The molecule has 0 spiro atoms. The Kier molecular flexibility index (Phi) is 6.20. The summed E-state index contributed by atoms with van der Waals surface area (Å²) in [7, 11) is 1.60. The van der Waals surface area contributed by atoms with E-state index in [-0.39, 0.29) is 12.6 Å². The number of aromatic nitrogens is 2. The lowest BCUT2D eigenvalue weighted by molar-refractivity contribution is 0.117. The molecule has 1 aromatic heterocycles. The zero-order valence-corrected chi connectivity index (χ0v) is 14.2. The van der Waals surface area contributed by atoms with E-state index in [1.54, 1.807) is 13.2 Å². The first-order chi connectivity index (χ1) is 11.5. The summed E-state index contributed by atoms with van der Waals surface area (Å²) in [6.45, 7) is 4.39. The van der Waals surface area contributed by atoms with E-state index in [9.17, 15) is 5.11 Å². The number of methoxy groups -OCH3 is 1. The molecule has 0 fully saturated rings. The number of aryl methyl sites for hydroxylation is 1. The van der Waals surface area contributed by atoms with E-state index in [4.69, 9.17) is 15.2 Å². The Balaban J connectivity index is 1.89. The fourth-order valence-corrected chi connectivity index (χ4v) is 2.26. The van der Waals surface area contributed by atoms with Gasteiger partial charge in [-0.25, -0.2) is 4.98 Å². The quantitative estimate of drug-likeness (QED) is 0.677. The first kappa shape index (κ1) is 17.8. The monoisotopic (exact) mass is 332 g/mol. The van der Waals surface area contributed by atoms with E-state index < -0.39 is 6.10 Å². The number of aliphatic hydroxyl groups is 1. The first-order valence-electron chi connectivity index (χ1n) is 7.85. The predicted molar refractivity (Wildman–Crippen MR) is 93.5 cm³/mol. The molecule has 0 saturated carbocycles. The van der Waals surface area contributed by atoms with E-state index in [1.807, 2.05) is 32.0 Å². The number of nitrogens with two attached hydrogens (primary N) is 1. The van der Waals surface area contributed by atoms with Crippen LogP contribution in [0.4, 0.5) is 11.8 Å². The molecule has 0 saturated heterocycles. The predicted octanol–water partition coefficient (Wildman–Crippen LogP) is 1.79. The molecular formula is C17H24N4O3. The number of nitrogens with zero attached hydrogens (tertiary/aromatic N) is 2. The highest BCUT2D eigenvalue weighted by atomic mass is 16.5. The Morgan fingerprint density at radius 2 is 2.04 bits per heavy atom. The van der Waals surface area contributed by atoms with E-state index in [2.05, 4.69) is 15.3 Å². The largest absolute Gasteiger partial charge is 0.497 e. The molecule has 0 bridgehead atoms. The summed E-state index contributed by atoms with van der Waals surface area (Å²) in [4.78, 5) is 8.38. The minimum Gasteiger partial charge on any atom is -0.497 e. The second-order valence-corrected chi connectivity index (χ2v) is 5.38. The summed E-state index contributed by atoms with van der Waals surface area (Å²) >= 11 is 0. The molecule has 1 atom stereocenters. The number of ether oxygens (including phenoxy) is 2. The summed E-state index contributed by atoms with van der Waals surface area (Å²) < 4.78 is 10.7. The number of benzene rings is 1. The standard InChI is InChI=1S/C17H24N4O3/c1-4-15-11(2)16(21-17(18)20-15)19-9-12(22)10-24-14-7-5-6-13(8-14)23-3/h5-8,12,22H,4,9-10H2,1-3H3,(H3,18,19,20,21)/t12-/m1/s1. The molecule has 130 valence electrons. The maximum atomic E-state index is 10.1. The highest BCUT2D eigenvalue weighted by molar-refractivity contribution is 5.49. The molecule has 24 heavy (non-hydrogen) atoms. The fraction of sp³-hybridized carbons (Fsp3) is 0.412. The molecule has 4 N–H and O–H groups in total. The molecule has 0 aliphatic rings. The van der Waals surface area contributed by atoms with E-state index in [1.165, 1.54) is 0 Å². The molecule has 0 amide bonds. The van der Waals surface area contributed by atoms with Crippen LogP contribution in [0.1, 0.15) is 18.2 Å². The van der Waals surface area contributed by atoms with Crippen molar-refractivity contribution in [3.05, 3.63) is 35.5 Å². The molecule has 2 rings (SSSR count). The minimum absolute atomic E-state index is 0.153. The third-order valence-corrected chi connectivity index (χ3v) is 3.59. The van der Waals surface area contributed by atoms with Crippen molar-refractivity contribution in [3.63, 3.8) is 0 Å². The number of nitrogens with one attached hydrogen (secondary N) is 1. The van der Waals surface area contributed by atoms with Gasteiger partial charge in [0, 0.05) is 18.2 Å².